The number of fused-ring (bicyclic) bond motifs is 1. The fraction of sp³-hybridized carbons (Fsp3) is 0.370. The highest BCUT2D eigenvalue weighted by Gasteiger charge is 2.36. The van der Waals surface area contributed by atoms with Gasteiger partial charge in [0.2, 0.25) is 5.91 Å². The lowest BCUT2D eigenvalue weighted by Gasteiger charge is -2.22. The highest BCUT2D eigenvalue weighted by Crippen LogP contribution is 2.38. The Bertz CT molecular complexity index is 1470. The molecule has 1 fully saturated rings. The van der Waals surface area contributed by atoms with Crippen LogP contribution in [0, 0.1) is 0 Å². The van der Waals surface area contributed by atoms with Gasteiger partial charge in [0.25, 0.3) is 5.56 Å². The number of anilines is 2. The Morgan fingerprint density at radius 3 is 2.49 bits per heavy atom. The molecule has 1 saturated heterocycles. The maximum Gasteiger partial charge on any atom is 0.418 e. The van der Waals surface area contributed by atoms with Gasteiger partial charge in [0.1, 0.15) is 17.2 Å². The summed E-state index contributed by atoms with van der Waals surface area (Å²) in [6, 6.07) is 8.65. The highest BCUT2D eigenvalue weighted by atomic mass is 19.4. The molecule has 1 aromatic heterocycles. The molecule has 1 unspecified atom stereocenters. The van der Waals surface area contributed by atoms with Gasteiger partial charge in [0.15, 0.2) is 0 Å². The summed E-state index contributed by atoms with van der Waals surface area (Å²) in [5.41, 5.74) is 0.214. The number of rotatable bonds is 6. The lowest BCUT2D eigenvalue weighted by Crippen LogP contribution is -2.35. The topological polar surface area (TPSA) is 97.7 Å². The van der Waals surface area contributed by atoms with E-state index in [1.165, 1.54) is 33.3 Å². The molecule has 0 saturated carbocycles. The second-order valence-electron chi connectivity index (χ2n) is 9.53. The van der Waals surface area contributed by atoms with Crippen molar-refractivity contribution in [3.05, 3.63) is 57.9 Å². The maximum atomic E-state index is 14.2. The van der Waals surface area contributed by atoms with Gasteiger partial charge >= 0.3 is 6.18 Å². The fourth-order valence-electron chi connectivity index (χ4n) is 5.17. The number of methoxy groups -OCH3 is 2. The van der Waals surface area contributed by atoms with E-state index in [0.29, 0.717) is 66.5 Å². The Labute approximate surface area is 222 Å². The Kier molecular flexibility index (Phi) is 6.87. The fourth-order valence-corrected chi connectivity index (χ4v) is 5.17. The molecule has 2 aromatic carbocycles. The third-order valence-electron chi connectivity index (χ3n) is 6.97. The van der Waals surface area contributed by atoms with Gasteiger partial charge in [-0.15, -0.1) is 0 Å². The second-order valence-corrected chi connectivity index (χ2v) is 9.53. The Balaban J connectivity index is 1.68. The lowest BCUT2D eigenvalue weighted by molar-refractivity contribution is -0.137. The van der Waals surface area contributed by atoms with Crippen molar-refractivity contribution in [3.63, 3.8) is 0 Å². The van der Waals surface area contributed by atoms with E-state index in [-0.39, 0.29) is 23.3 Å². The van der Waals surface area contributed by atoms with Crippen molar-refractivity contribution in [1.82, 2.24) is 15.1 Å². The monoisotopic (exact) mass is 543 g/mol. The molecule has 0 aliphatic carbocycles. The zero-order valence-electron chi connectivity index (χ0n) is 21.7. The van der Waals surface area contributed by atoms with Crippen molar-refractivity contribution in [3.8, 4) is 28.4 Å². The number of hydrogen-bond donors (Lipinski definition) is 2. The maximum absolute atomic E-state index is 14.2. The number of carbonyl (C=O) groups is 1. The number of halogens is 3. The quantitative estimate of drug-likeness (QED) is 0.490. The number of nitrogens with one attached hydrogen (secondary N) is 2. The van der Waals surface area contributed by atoms with E-state index in [1.54, 1.807) is 18.2 Å². The van der Waals surface area contributed by atoms with Crippen molar-refractivity contribution in [2.45, 2.75) is 32.0 Å². The van der Waals surface area contributed by atoms with Gasteiger partial charge in [-0.1, -0.05) is 0 Å². The summed E-state index contributed by atoms with van der Waals surface area (Å²) in [5.74, 6) is 0.784. The zero-order valence-corrected chi connectivity index (χ0v) is 21.7. The molecule has 206 valence electrons. The summed E-state index contributed by atoms with van der Waals surface area (Å²) in [6.07, 6.45) is -3.60. The second kappa shape index (κ2) is 10.2. The SMILES string of the molecule is COc1cc(OC)cc(-c2nn(-c3cc(N4CCC(NC(C)=O)C4)ccc3C(F)(F)F)c(=O)c3c2CCN3)c1. The molecule has 2 N–H and O–H groups in total. The van der Waals surface area contributed by atoms with Gasteiger partial charge in [-0.25, -0.2) is 0 Å². The first kappa shape index (κ1) is 26.4. The molecule has 0 spiro atoms. The molecule has 12 heteroatoms. The smallest absolute Gasteiger partial charge is 0.418 e. The van der Waals surface area contributed by atoms with Gasteiger partial charge in [-0.3, -0.25) is 9.59 Å². The molecule has 2 aliphatic heterocycles. The summed E-state index contributed by atoms with van der Waals surface area (Å²) in [6.45, 7) is 2.86. The van der Waals surface area contributed by atoms with E-state index in [1.807, 2.05) is 4.90 Å². The van der Waals surface area contributed by atoms with Gasteiger partial charge in [-0.2, -0.15) is 23.0 Å². The van der Waals surface area contributed by atoms with E-state index in [4.69, 9.17) is 9.47 Å². The van der Waals surface area contributed by atoms with Crippen molar-refractivity contribution < 1.29 is 27.4 Å². The number of aromatic nitrogens is 2. The number of alkyl halides is 3. The van der Waals surface area contributed by atoms with Crippen molar-refractivity contribution in [2.75, 3.05) is 44.1 Å². The molecule has 0 radical (unpaired) electrons. The molecule has 2 aliphatic rings. The van der Waals surface area contributed by atoms with Gasteiger partial charge in [0, 0.05) is 55.5 Å². The van der Waals surface area contributed by atoms with Crippen LogP contribution in [0.15, 0.2) is 41.2 Å². The summed E-state index contributed by atoms with van der Waals surface area (Å²) in [7, 11) is 2.99. The van der Waals surface area contributed by atoms with Crippen LogP contribution in [0.25, 0.3) is 16.9 Å². The standard InChI is InChI=1S/C27H28F3N5O4/c1-15(36)32-17-7-9-34(14-17)18-4-5-22(27(28,29)30)23(12-18)35-26(37)25-21(6-8-31-25)24(33-35)16-10-19(38-2)13-20(11-16)39-3/h4-5,10-13,17,31H,6-9,14H2,1-3H3,(H,32,36). The van der Waals surface area contributed by atoms with Crippen molar-refractivity contribution >= 4 is 17.3 Å². The summed E-state index contributed by atoms with van der Waals surface area (Å²) < 4.78 is 54.2. The third kappa shape index (κ3) is 5.10. The normalized spacial score (nSPS) is 16.6. The van der Waals surface area contributed by atoms with Crippen LogP contribution in [-0.2, 0) is 17.4 Å². The van der Waals surface area contributed by atoms with E-state index in [0.717, 1.165) is 10.7 Å². The van der Waals surface area contributed by atoms with Crippen molar-refractivity contribution in [2.24, 2.45) is 0 Å². The number of ether oxygens (including phenoxy) is 2. The minimum absolute atomic E-state index is 0.118. The number of carbonyl (C=O) groups excluding carboxylic acids is 1. The average Bonchev–Trinajstić information content (AvgIpc) is 3.58. The van der Waals surface area contributed by atoms with Gasteiger partial charge < -0.3 is 25.0 Å². The summed E-state index contributed by atoms with van der Waals surface area (Å²) in [5, 5.41) is 10.4. The molecule has 5 rings (SSSR count). The molecule has 1 atom stereocenters. The van der Waals surface area contributed by atoms with E-state index >= 15 is 0 Å². The van der Waals surface area contributed by atoms with E-state index in [2.05, 4.69) is 15.7 Å². The largest absolute Gasteiger partial charge is 0.497 e. The molecule has 39 heavy (non-hydrogen) atoms. The van der Waals surface area contributed by atoms with Gasteiger partial charge in [-0.05, 0) is 43.2 Å². The minimum Gasteiger partial charge on any atom is -0.497 e. The van der Waals surface area contributed by atoms with Crippen LogP contribution in [-0.4, -0.2) is 55.6 Å². The highest BCUT2D eigenvalue weighted by molar-refractivity contribution is 5.75. The molecule has 1 amide bonds. The number of hydrogen-bond acceptors (Lipinski definition) is 7. The van der Waals surface area contributed by atoms with E-state index < -0.39 is 17.3 Å². The predicted molar refractivity (Wildman–Crippen MR) is 140 cm³/mol. The summed E-state index contributed by atoms with van der Waals surface area (Å²) >= 11 is 0. The first-order chi connectivity index (χ1) is 18.6. The zero-order chi connectivity index (χ0) is 27.9. The van der Waals surface area contributed by atoms with Crippen LogP contribution in [0.2, 0.25) is 0 Å². The van der Waals surface area contributed by atoms with Crippen LogP contribution in [0.5, 0.6) is 11.5 Å². The van der Waals surface area contributed by atoms with Crippen LogP contribution < -0.4 is 30.6 Å². The third-order valence-corrected chi connectivity index (χ3v) is 6.97. The number of amides is 1. The van der Waals surface area contributed by atoms with Crippen LogP contribution in [0.1, 0.15) is 24.5 Å². The molecule has 0 bridgehead atoms. The van der Waals surface area contributed by atoms with Crippen molar-refractivity contribution in [1.29, 1.82) is 0 Å². The predicted octanol–water partition coefficient (Wildman–Crippen LogP) is 3.62. The van der Waals surface area contributed by atoms with Crippen LogP contribution in [0.3, 0.4) is 0 Å². The first-order valence-electron chi connectivity index (χ1n) is 12.5. The Hall–Kier alpha value is -4.22. The molecular formula is C27H28F3N5O4. The average molecular weight is 544 g/mol. The van der Waals surface area contributed by atoms with Gasteiger partial charge in [0.05, 0.1) is 31.2 Å². The molecule has 9 nitrogen and oxygen atoms in total. The van der Waals surface area contributed by atoms with Crippen LogP contribution in [0.4, 0.5) is 24.5 Å². The first-order valence-corrected chi connectivity index (χ1v) is 12.5. The number of nitrogens with zero attached hydrogens (tertiary/aromatic N) is 3. The Morgan fingerprint density at radius 1 is 1.13 bits per heavy atom. The Morgan fingerprint density at radius 2 is 1.85 bits per heavy atom. The molecule has 3 heterocycles. The van der Waals surface area contributed by atoms with E-state index in [9.17, 15) is 22.8 Å². The number of benzene rings is 2. The summed E-state index contributed by atoms with van der Waals surface area (Å²) in [4.78, 5) is 26.9. The lowest BCUT2D eigenvalue weighted by atomic mass is 10.0. The van der Waals surface area contributed by atoms with Crippen LogP contribution >= 0.6 is 0 Å². The molecular weight excluding hydrogens is 515 g/mol. The molecule has 3 aromatic rings. The minimum atomic E-state index is -4.73.